The van der Waals surface area contributed by atoms with Crippen molar-refractivity contribution >= 4 is 76.9 Å². The maximum absolute atomic E-state index is 5.31. The van der Waals surface area contributed by atoms with Gasteiger partial charge in [0.1, 0.15) is 5.82 Å². The van der Waals surface area contributed by atoms with E-state index in [1.54, 1.807) is 0 Å². The topological polar surface area (TPSA) is 21.1 Å². The average Bonchev–Trinajstić information content (AvgIpc) is 3.35. The minimum atomic E-state index is 0.836. The maximum atomic E-state index is 5.31. The third kappa shape index (κ3) is 3.40. The molecule has 4 heteroatoms. The van der Waals surface area contributed by atoms with Crippen LogP contribution >= 0.6 is 0 Å². The highest BCUT2D eigenvalue weighted by atomic mass is 27.1. The van der Waals surface area contributed by atoms with E-state index >= 15 is 0 Å². The van der Waals surface area contributed by atoms with E-state index < -0.39 is 0 Å². The molecule has 8 rings (SSSR count). The Hall–Kier alpha value is -4.62. The fourth-order valence-electron chi connectivity index (χ4n) is 6.16. The third-order valence-electron chi connectivity index (χ3n) is 7.90. The first-order valence-corrected chi connectivity index (χ1v) is 14.2. The molecule has 0 saturated heterocycles. The van der Waals surface area contributed by atoms with Crippen LogP contribution in [0.25, 0.3) is 54.7 Å². The second kappa shape index (κ2) is 8.71. The quantitative estimate of drug-likeness (QED) is 0.174. The van der Waals surface area contributed by atoms with E-state index in [9.17, 15) is 0 Å². The number of benzene rings is 7. The molecule has 0 N–H and O–H groups in total. The summed E-state index contributed by atoms with van der Waals surface area (Å²) in [5, 5.41) is 7.75. The first-order chi connectivity index (χ1) is 19.3. The van der Waals surface area contributed by atoms with Crippen LogP contribution in [0, 0.1) is 0 Å². The molecule has 39 heavy (non-hydrogen) atoms. The monoisotopic (exact) mass is 513 g/mol. The molecule has 0 saturated carbocycles. The SMILES string of the molecule is [AlH2][n]1c(-c2ccc(N(c3ccccc3)c3ccccc3)cc2)nc2c3cccc4ccc5cccc(c5c43)c21. The lowest BCUT2D eigenvalue weighted by molar-refractivity contribution is 1.24. The Balaban J connectivity index is 1.32. The van der Waals surface area contributed by atoms with Crippen LogP contribution < -0.4 is 4.90 Å². The summed E-state index contributed by atoms with van der Waals surface area (Å²) < 4.78 is 2.40. The van der Waals surface area contributed by atoms with Crippen molar-refractivity contribution in [2.75, 3.05) is 4.90 Å². The van der Waals surface area contributed by atoms with Crippen molar-refractivity contribution < 1.29 is 0 Å². The predicted molar refractivity (Wildman–Crippen MR) is 167 cm³/mol. The first-order valence-electron chi connectivity index (χ1n) is 13.3. The van der Waals surface area contributed by atoms with Crippen molar-refractivity contribution in [3.63, 3.8) is 0 Å². The smallest absolute Gasteiger partial charge is 0.373 e. The highest BCUT2D eigenvalue weighted by molar-refractivity contribution is 6.34. The van der Waals surface area contributed by atoms with E-state index in [1.807, 2.05) is 0 Å². The van der Waals surface area contributed by atoms with Crippen LogP contribution in [0.4, 0.5) is 17.1 Å². The summed E-state index contributed by atoms with van der Waals surface area (Å²) in [5.41, 5.74) is 6.86. The van der Waals surface area contributed by atoms with Crippen LogP contribution in [-0.4, -0.2) is 25.0 Å². The molecule has 0 fully saturated rings. The van der Waals surface area contributed by atoms with Gasteiger partial charge in [0.25, 0.3) is 0 Å². The van der Waals surface area contributed by atoms with Crippen LogP contribution in [0.15, 0.2) is 133 Å². The van der Waals surface area contributed by atoms with Crippen molar-refractivity contribution in [2.45, 2.75) is 0 Å². The lowest BCUT2D eigenvalue weighted by Crippen LogP contribution is -2.09. The lowest BCUT2D eigenvalue weighted by Gasteiger charge is -2.25. The largest absolute Gasteiger partial charge is 0.424 e. The molecule has 0 aliphatic heterocycles. The average molecular weight is 514 g/mol. The molecule has 182 valence electrons. The Kier molecular flexibility index (Phi) is 5.00. The van der Waals surface area contributed by atoms with Crippen LogP contribution in [0.5, 0.6) is 0 Å². The molecule has 0 atom stereocenters. The number of anilines is 3. The van der Waals surface area contributed by atoms with Gasteiger partial charge in [-0.05, 0) is 70.1 Å². The van der Waals surface area contributed by atoms with E-state index in [4.69, 9.17) is 4.98 Å². The molecule has 0 unspecified atom stereocenters. The molecule has 0 radical (unpaired) electrons. The second-order valence-corrected chi connectivity index (χ2v) is 11.0. The van der Waals surface area contributed by atoms with Gasteiger partial charge < -0.3 is 8.45 Å². The summed E-state index contributed by atoms with van der Waals surface area (Å²) in [6.07, 6.45) is 0. The van der Waals surface area contributed by atoms with Crippen molar-refractivity contribution in [2.24, 2.45) is 0 Å². The van der Waals surface area contributed by atoms with Gasteiger partial charge in [0.15, 0.2) is 0 Å². The molecule has 3 nitrogen and oxygen atoms in total. The normalized spacial score (nSPS) is 11.7. The van der Waals surface area contributed by atoms with Gasteiger partial charge in [0.2, 0.25) is 0 Å². The highest BCUT2D eigenvalue weighted by Gasteiger charge is 2.19. The minimum Gasteiger partial charge on any atom is -0.424 e. The van der Waals surface area contributed by atoms with Gasteiger partial charge in [-0.25, -0.2) is 4.98 Å². The van der Waals surface area contributed by atoms with E-state index in [0.29, 0.717) is 0 Å². The summed E-state index contributed by atoms with van der Waals surface area (Å²) in [5.74, 6) is 1.03. The van der Waals surface area contributed by atoms with E-state index in [2.05, 4.69) is 142 Å². The van der Waals surface area contributed by atoms with Gasteiger partial charge in [-0.2, -0.15) is 0 Å². The van der Waals surface area contributed by atoms with Crippen LogP contribution in [0.3, 0.4) is 0 Å². The Labute approximate surface area is 234 Å². The molecule has 0 spiro atoms. The predicted octanol–water partition coefficient (Wildman–Crippen LogP) is 8.47. The molecule has 0 amide bonds. The Bertz CT molecular complexity index is 2070. The maximum Gasteiger partial charge on any atom is 0.373 e. The Morgan fingerprint density at radius 2 is 1.05 bits per heavy atom. The van der Waals surface area contributed by atoms with Gasteiger partial charge >= 0.3 is 16.5 Å². The Morgan fingerprint density at radius 1 is 0.513 bits per heavy atom. The van der Waals surface area contributed by atoms with E-state index in [-0.39, 0.29) is 0 Å². The molecule has 0 aliphatic rings. The molecule has 1 aromatic heterocycles. The Morgan fingerprint density at radius 3 is 1.67 bits per heavy atom. The first kappa shape index (κ1) is 22.4. The van der Waals surface area contributed by atoms with Crippen molar-refractivity contribution in [1.82, 2.24) is 8.53 Å². The molecule has 7 aromatic carbocycles. The summed E-state index contributed by atoms with van der Waals surface area (Å²) in [6.45, 7) is 0. The summed E-state index contributed by atoms with van der Waals surface area (Å²) in [6, 6.07) is 47.6. The number of fused-ring (bicyclic) bond motifs is 3. The standard InChI is InChI=1S/C35H22N3.Al.2H/c1-3-11-26(12-4-1)38(27-13-5-2-6-14-27)28-21-19-25(20-22-28)35-36-33-29-15-7-9-23-17-18-24-10-8-16-30(34(33)37-35)32(24)31(23)29;;;/h1-22H;;;/q-1;+1;;. The molecule has 1 heterocycles. The zero-order chi connectivity index (χ0) is 25.9. The molecule has 8 aromatic rings. The second-order valence-electron chi connectivity index (χ2n) is 10.1. The fourth-order valence-corrected chi connectivity index (χ4v) is 6.98. The van der Waals surface area contributed by atoms with E-state index in [0.717, 1.165) is 50.5 Å². The third-order valence-corrected chi connectivity index (χ3v) is 8.77. The lowest BCUT2D eigenvalue weighted by atomic mass is 9.93. The highest BCUT2D eigenvalue weighted by Crippen LogP contribution is 2.42. The number of hydrogen-bond acceptors (Lipinski definition) is 2. The number of aromatic nitrogens is 2. The van der Waals surface area contributed by atoms with Crippen LogP contribution in [0.1, 0.15) is 0 Å². The van der Waals surface area contributed by atoms with Gasteiger partial charge in [-0.15, -0.1) is 0 Å². The number of rotatable bonds is 4. The zero-order valence-corrected chi connectivity index (χ0v) is 23.5. The van der Waals surface area contributed by atoms with Gasteiger partial charge in [0.05, 0.1) is 11.0 Å². The molecule has 0 aliphatic carbocycles. The van der Waals surface area contributed by atoms with Gasteiger partial charge in [-0.1, -0.05) is 84.9 Å². The number of hydrogen-bond donors (Lipinski definition) is 0. The zero-order valence-electron chi connectivity index (χ0n) is 21.5. The summed E-state index contributed by atoms with van der Waals surface area (Å²) >= 11 is 0.836. The van der Waals surface area contributed by atoms with Crippen LogP contribution in [0.2, 0.25) is 0 Å². The molecular weight excluding hydrogens is 489 g/mol. The number of nitrogens with zero attached hydrogens (tertiary/aromatic N) is 3. The summed E-state index contributed by atoms with van der Waals surface area (Å²) in [7, 11) is 0. The van der Waals surface area contributed by atoms with Crippen molar-refractivity contribution in [3.8, 4) is 11.4 Å². The fraction of sp³-hybridized carbons (Fsp3) is 0. The molecular formula is C35H24AlN3. The van der Waals surface area contributed by atoms with Crippen molar-refractivity contribution in [3.05, 3.63) is 133 Å². The van der Waals surface area contributed by atoms with Crippen molar-refractivity contribution in [1.29, 1.82) is 0 Å². The number of para-hydroxylation sites is 2. The summed E-state index contributed by atoms with van der Waals surface area (Å²) in [4.78, 5) is 7.60. The number of imidazole rings is 1. The van der Waals surface area contributed by atoms with E-state index in [1.165, 1.54) is 37.8 Å². The van der Waals surface area contributed by atoms with Crippen LogP contribution in [-0.2, 0) is 0 Å². The minimum absolute atomic E-state index is 0.836. The molecule has 0 bridgehead atoms. The van der Waals surface area contributed by atoms with Gasteiger partial charge in [-0.3, -0.25) is 0 Å². The van der Waals surface area contributed by atoms with Gasteiger partial charge in [0, 0.05) is 33.4 Å².